The van der Waals surface area contributed by atoms with Crippen LogP contribution < -0.4 is 20.7 Å². The maximum Gasteiger partial charge on any atom is 0.256 e. The normalized spacial score (nSPS) is 20.8. The van der Waals surface area contributed by atoms with Gasteiger partial charge in [-0.15, -0.1) is 0 Å². The molecule has 23 heteroatoms. The predicted octanol–water partition coefficient (Wildman–Crippen LogP) is 3.60. The predicted molar refractivity (Wildman–Crippen MR) is 311 cm³/mol. The van der Waals surface area contributed by atoms with Gasteiger partial charge in [0.2, 0.25) is 33.7 Å². The van der Waals surface area contributed by atoms with E-state index in [1.807, 2.05) is 72.6 Å². The maximum absolute atomic E-state index is 14.7. The van der Waals surface area contributed by atoms with E-state index in [0.717, 1.165) is 12.0 Å². The number of ether oxygens (including phenoxy) is 7. The van der Waals surface area contributed by atoms with Crippen molar-refractivity contribution in [3.05, 3.63) is 48.2 Å². The van der Waals surface area contributed by atoms with Crippen molar-refractivity contribution in [1.29, 1.82) is 0 Å². The molecule has 0 bridgehead atoms. The molecule has 4 rings (SSSR count). The van der Waals surface area contributed by atoms with Gasteiger partial charge in [-0.05, 0) is 68.5 Å². The molecule has 12 atom stereocenters. The Bertz CT molecular complexity index is 2230. The van der Waals surface area contributed by atoms with E-state index in [-0.39, 0.29) is 60.5 Å². The largest absolute Gasteiger partial charge is 0.473 e. The number of rotatable bonds is 40. The summed E-state index contributed by atoms with van der Waals surface area (Å²) >= 11 is 0. The third-order valence-corrected chi connectivity index (χ3v) is 17.7. The number of amides is 5. The molecule has 2 fully saturated rings. The molecule has 0 radical (unpaired) electrons. The number of hydrogen-bond acceptors (Lipinski definition) is 17. The van der Waals surface area contributed by atoms with Crippen molar-refractivity contribution in [2.24, 2.45) is 29.6 Å². The highest BCUT2D eigenvalue weighted by Gasteiger charge is 2.44. The highest BCUT2D eigenvalue weighted by atomic mass is 32.2. The van der Waals surface area contributed by atoms with Gasteiger partial charge in [0, 0.05) is 59.7 Å². The lowest BCUT2D eigenvalue weighted by Crippen LogP contribution is -2.60. The molecule has 1 saturated carbocycles. The summed E-state index contributed by atoms with van der Waals surface area (Å²) in [5.41, 5.74) is 0.728. The quantitative estimate of drug-likeness (QED) is 0.0464. The van der Waals surface area contributed by atoms with Crippen molar-refractivity contribution in [2.45, 2.75) is 173 Å². The Morgan fingerprint density at radius 1 is 0.817 bits per heavy atom. The third kappa shape index (κ3) is 22.0. The summed E-state index contributed by atoms with van der Waals surface area (Å²) in [7, 11) is 2.66. The molecule has 1 aliphatic carbocycles. The number of methoxy groups -OCH3 is 2. The highest BCUT2D eigenvalue weighted by Crippen LogP contribution is 2.31. The van der Waals surface area contributed by atoms with Crippen LogP contribution in [0.25, 0.3) is 0 Å². The van der Waals surface area contributed by atoms with Gasteiger partial charge >= 0.3 is 0 Å². The Labute approximate surface area is 489 Å². The molecule has 1 saturated heterocycles. The van der Waals surface area contributed by atoms with Crippen LogP contribution in [0.5, 0.6) is 0 Å². The van der Waals surface area contributed by atoms with Gasteiger partial charge in [-0.25, -0.2) is 8.42 Å². The summed E-state index contributed by atoms with van der Waals surface area (Å²) in [5.74, 6) is -3.69. The van der Waals surface area contributed by atoms with Crippen molar-refractivity contribution < 1.29 is 70.7 Å². The SMILES string of the molecule is CCCOC1CC(C(O)NCCOCCOCCOCCN(C)C(C(=O)NC(C(=O)N(C)C(C(C)CC)C(CC(=O)N2CCCC2C(OC)C(C)C(=O)NC(Cc2ccccc2)C(=O)NS(=O)(=O)C2CC2)OC)C(C)C)C(C)C)C=CO1. The number of nitrogens with zero attached hydrogens (tertiary/aromatic N) is 3. The van der Waals surface area contributed by atoms with Gasteiger partial charge in [-0.2, -0.15) is 0 Å². The van der Waals surface area contributed by atoms with Gasteiger partial charge in [0.1, 0.15) is 18.3 Å². The number of aliphatic hydroxyl groups is 1. The average molecular weight is 1180 g/mol. The molecule has 2 aliphatic heterocycles. The molecule has 5 amide bonds. The number of hydrogen-bond donors (Lipinski definition) is 5. The zero-order valence-corrected chi connectivity index (χ0v) is 51.9. The second-order valence-electron chi connectivity index (χ2n) is 22.9. The standard InChI is InChI=1S/C59H101N7O15S/c1-13-28-80-50-37-44(24-29-81-50)56(69)60-25-30-77-32-34-79-35-33-78-31-27-64(9)52(40(5)6)58(71)62-51(39(3)4)59(72)65(10)53(41(7)14-2)48(75-11)38-49(67)66-26-18-21-47(66)54(76-12)42(8)55(68)61-46(36-43-19-16-15-17-20-43)57(70)63-82(73,74)45-22-23-45/h15-17,19-20,24,29,39-42,44-48,50-54,56,60,69H,13-14,18,21-23,25-28,30-38H2,1-12H3,(H,61,68)(H,62,71)(H,63,70). The zero-order valence-electron chi connectivity index (χ0n) is 51.0. The second-order valence-corrected chi connectivity index (χ2v) is 24.8. The van der Waals surface area contributed by atoms with Crippen LogP contribution in [-0.4, -0.2) is 212 Å². The molecule has 0 spiro atoms. The molecule has 3 aliphatic rings. The van der Waals surface area contributed by atoms with E-state index in [4.69, 9.17) is 33.2 Å². The van der Waals surface area contributed by atoms with E-state index in [0.29, 0.717) is 104 Å². The summed E-state index contributed by atoms with van der Waals surface area (Å²) in [6.45, 7) is 19.6. The maximum atomic E-state index is 14.7. The van der Waals surface area contributed by atoms with E-state index >= 15 is 0 Å². The molecule has 2 heterocycles. The number of sulfonamides is 1. The molecule has 12 unspecified atom stereocenters. The summed E-state index contributed by atoms with van der Waals surface area (Å²) in [6.07, 6.45) is 5.01. The number of likely N-dealkylation sites (N-methyl/N-ethyl adjacent to an activating group) is 2. The molecule has 82 heavy (non-hydrogen) atoms. The lowest BCUT2D eigenvalue weighted by Gasteiger charge is -2.41. The molecule has 22 nitrogen and oxygen atoms in total. The minimum absolute atomic E-state index is 0.0544. The van der Waals surface area contributed by atoms with Crippen LogP contribution in [0.2, 0.25) is 0 Å². The van der Waals surface area contributed by atoms with Gasteiger partial charge in [-0.1, -0.05) is 92.1 Å². The fraction of sp³-hybridized carbons (Fsp3) is 0.780. The number of benzene rings is 1. The molecule has 468 valence electrons. The third-order valence-electron chi connectivity index (χ3n) is 15.9. The molecule has 1 aromatic rings. The first-order valence-electron chi connectivity index (χ1n) is 29.7. The smallest absolute Gasteiger partial charge is 0.256 e. The van der Waals surface area contributed by atoms with Crippen LogP contribution in [0.3, 0.4) is 0 Å². The Morgan fingerprint density at radius 3 is 2.07 bits per heavy atom. The van der Waals surface area contributed by atoms with Crippen molar-refractivity contribution in [3.63, 3.8) is 0 Å². The van der Waals surface area contributed by atoms with E-state index in [9.17, 15) is 37.5 Å². The van der Waals surface area contributed by atoms with Crippen LogP contribution >= 0.6 is 0 Å². The Balaban J connectivity index is 1.28. The highest BCUT2D eigenvalue weighted by molar-refractivity contribution is 7.90. The molecule has 5 N–H and O–H groups in total. The number of carbonyl (C=O) groups is 5. The number of nitrogens with one attached hydrogen (secondary N) is 4. The first-order valence-corrected chi connectivity index (χ1v) is 31.2. The minimum Gasteiger partial charge on any atom is -0.473 e. The average Bonchev–Trinajstić information content (AvgIpc) is 4.25. The Morgan fingerprint density at radius 2 is 1.48 bits per heavy atom. The first kappa shape index (κ1) is 70.2. The minimum atomic E-state index is -3.89. The van der Waals surface area contributed by atoms with Crippen LogP contribution in [0.1, 0.15) is 112 Å². The van der Waals surface area contributed by atoms with Crippen LogP contribution in [0, 0.1) is 29.6 Å². The molecular weight excluding hydrogens is 1080 g/mol. The fourth-order valence-corrected chi connectivity index (χ4v) is 12.2. The van der Waals surface area contributed by atoms with E-state index in [1.54, 1.807) is 54.3 Å². The van der Waals surface area contributed by atoms with Crippen LogP contribution in [0.15, 0.2) is 42.7 Å². The number of carbonyl (C=O) groups excluding carboxylic acids is 5. The fourth-order valence-electron chi connectivity index (χ4n) is 10.8. The number of likely N-dealkylation sites (tertiary alicyclic amines) is 1. The van der Waals surface area contributed by atoms with Crippen LogP contribution in [0.4, 0.5) is 0 Å². The van der Waals surface area contributed by atoms with E-state index in [2.05, 4.69) is 20.7 Å². The van der Waals surface area contributed by atoms with Gasteiger partial charge in [0.15, 0.2) is 6.29 Å². The van der Waals surface area contributed by atoms with Gasteiger partial charge in [0.25, 0.3) is 5.91 Å². The molecule has 0 aromatic heterocycles. The zero-order chi connectivity index (χ0) is 60.5. The van der Waals surface area contributed by atoms with Gasteiger partial charge in [0.05, 0.1) is 100 Å². The topological polar surface area (TPSA) is 262 Å². The van der Waals surface area contributed by atoms with Gasteiger partial charge in [-0.3, -0.25) is 38.9 Å². The molecular formula is C59H101N7O15S. The lowest BCUT2D eigenvalue weighted by atomic mass is 9.89. The number of aliphatic hydroxyl groups excluding tert-OH is 1. The van der Waals surface area contributed by atoms with Gasteiger partial charge < -0.3 is 58.7 Å². The van der Waals surface area contributed by atoms with Crippen molar-refractivity contribution in [1.82, 2.24) is 35.4 Å². The van der Waals surface area contributed by atoms with E-state index < -0.39 is 81.7 Å². The second kappa shape index (κ2) is 35.9. The summed E-state index contributed by atoms with van der Waals surface area (Å²) < 4.78 is 68.2. The monoisotopic (exact) mass is 1180 g/mol. The van der Waals surface area contributed by atoms with Crippen molar-refractivity contribution in [3.8, 4) is 0 Å². The van der Waals surface area contributed by atoms with Crippen molar-refractivity contribution >= 4 is 39.6 Å². The van der Waals surface area contributed by atoms with E-state index in [1.165, 1.54) is 14.2 Å². The lowest BCUT2D eigenvalue weighted by molar-refractivity contribution is -0.148. The van der Waals surface area contributed by atoms with Crippen LogP contribution in [-0.2, 0) is 73.6 Å². The summed E-state index contributed by atoms with van der Waals surface area (Å²) in [4.78, 5) is 76.3. The molecule has 1 aromatic carbocycles. The Kier molecular flexibility index (Phi) is 30.7. The summed E-state index contributed by atoms with van der Waals surface area (Å²) in [6, 6.07) is 5.27. The van der Waals surface area contributed by atoms with Crippen molar-refractivity contribution in [2.75, 3.05) is 94.2 Å². The Hall–Kier alpha value is -4.30. The first-order chi connectivity index (χ1) is 39.1. The summed E-state index contributed by atoms with van der Waals surface area (Å²) in [5, 5.41) is 18.9.